The summed E-state index contributed by atoms with van der Waals surface area (Å²) in [5.74, 6) is 0.337. The van der Waals surface area contributed by atoms with Crippen molar-refractivity contribution >= 4 is 34.3 Å². The summed E-state index contributed by atoms with van der Waals surface area (Å²) in [6.45, 7) is 1.97. The number of benzene rings is 1. The molecule has 0 aliphatic heterocycles. The Labute approximate surface area is 119 Å². The maximum Gasteiger partial charge on any atom is 0.260 e. The summed E-state index contributed by atoms with van der Waals surface area (Å²) in [5.41, 5.74) is 2.32. The number of nitrogens with zero attached hydrogens (tertiary/aromatic N) is 1. The number of nitrogens with one attached hydrogen (secondary N) is 1. The zero-order valence-electron chi connectivity index (χ0n) is 10.6. The molecule has 6 heteroatoms. The van der Waals surface area contributed by atoms with Gasteiger partial charge in [0, 0.05) is 12.1 Å². The van der Waals surface area contributed by atoms with E-state index in [4.69, 9.17) is 20.4 Å². The number of oxazole rings is 1. The summed E-state index contributed by atoms with van der Waals surface area (Å²) in [4.78, 5) is 16.3. The number of hydrogen-bond donors (Lipinski definition) is 1. The number of fused-ring (bicyclic) bond motifs is 1. The fourth-order valence-electron chi connectivity index (χ4n) is 1.86. The minimum absolute atomic E-state index is 0.0679. The van der Waals surface area contributed by atoms with E-state index in [-0.39, 0.29) is 11.1 Å². The minimum Gasteiger partial charge on any atom is -0.452 e. The van der Waals surface area contributed by atoms with Crippen LogP contribution in [0.25, 0.3) is 11.1 Å². The highest BCUT2D eigenvalue weighted by atomic mass is 35.5. The fourth-order valence-corrected chi connectivity index (χ4v) is 2.06. The monoisotopic (exact) mass is 290 g/mol. The largest absolute Gasteiger partial charge is 0.452 e. The van der Waals surface area contributed by atoms with Gasteiger partial charge in [-0.2, -0.15) is 0 Å². The molecule has 0 atom stereocenters. The van der Waals surface area contributed by atoms with Gasteiger partial charge in [-0.3, -0.25) is 4.79 Å². The number of aryl methyl sites for hydroxylation is 1. The van der Waals surface area contributed by atoms with Crippen molar-refractivity contribution in [3.63, 3.8) is 0 Å². The third kappa shape index (κ3) is 2.28. The van der Waals surface area contributed by atoms with Crippen molar-refractivity contribution in [3.05, 3.63) is 47.2 Å². The smallest absolute Gasteiger partial charge is 0.260 e. The highest BCUT2D eigenvalue weighted by Gasteiger charge is 2.14. The zero-order valence-corrected chi connectivity index (χ0v) is 11.4. The van der Waals surface area contributed by atoms with Crippen molar-refractivity contribution in [3.8, 4) is 0 Å². The van der Waals surface area contributed by atoms with Gasteiger partial charge in [0.05, 0.1) is 11.8 Å². The van der Waals surface area contributed by atoms with Crippen molar-refractivity contribution in [1.82, 2.24) is 4.98 Å². The van der Waals surface area contributed by atoms with Crippen LogP contribution in [0, 0.1) is 0 Å². The van der Waals surface area contributed by atoms with Gasteiger partial charge >= 0.3 is 0 Å². The first-order valence-corrected chi connectivity index (χ1v) is 6.49. The Balaban J connectivity index is 1.87. The number of furan rings is 1. The molecule has 3 rings (SSSR count). The number of hydrogen-bond acceptors (Lipinski definition) is 4. The summed E-state index contributed by atoms with van der Waals surface area (Å²) in [6.07, 6.45) is 2.09. The summed E-state index contributed by atoms with van der Waals surface area (Å²) >= 11 is 5.76. The lowest BCUT2D eigenvalue weighted by atomic mass is 10.2. The topological polar surface area (TPSA) is 68.3 Å². The first kappa shape index (κ1) is 12.7. The van der Waals surface area contributed by atoms with Crippen molar-refractivity contribution in [2.45, 2.75) is 13.3 Å². The second-order valence-corrected chi connectivity index (χ2v) is 4.55. The van der Waals surface area contributed by atoms with Crippen LogP contribution in [0.2, 0.25) is 5.22 Å². The molecule has 5 nitrogen and oxygen atoms in total. The zero-order chi connectivity index (χ0) is 14.1. The average molecular weight is 291 g/mol. The van der Waals surface area contributed by atoms with E-state index in [2.05, 4.69) is 10.3 Å². The van der Waals surface area contributed by atoms with Gasteiger partial charge in [-0.25, -0.2) is 4.98 Å². The summed E-state index contributed by atoms with van der Waals surface area (Å²) in [6, 6.07) is 6.79. The Bertz CT molecular complexity index is 776. The molecule has 0 spiro atoms. The number of aromatic nitrogens is 1. The molecule has 0 saturated carbocycles. The van der Waals surface area contributed by atoms with Crippen LogP contribution in [0.5, 0.6) is 0 Å². The normalized spacial score (nSPS) is 10.9. The van der Waals surface area contributed by atoms with E-state index in [9.17, 15) is 4.79 Å². The molecule has 0 aliphatic rings. The quantitative estimate of drug-likeness (QED) is 0.794. The number of anilines is 1. The molecule has 1 aromatic carbocycles. The molecular weight excluding hydrogens is 280 g/mol. The Hall–Kier alpha value is -2.27. The molecule has 0 bridgehead atoms. The van der Waals surface area contributed by atoms with Gasteiger partial charge in [0.15, 0.2) is 11.5 Å². The second-order valence-electron chi connectivity index (χ2n) is 4.21. The van der Waals surface area contributed by atoms with E-state index >= 15 is 0 Å². The van der Waals surface area contributed by atoms with E-state index in [1.54, 1.807) is 18.2 Å². The predicted molar refractivity (Wildman–Crippen MR) is 75.1 cm³/mol. The predicted octanol–water partition coefficient (Wildman–Crippen LogP) is 3.89. The van der Waals surface area contributed by atoms with Gasteiger partial charge in [-0.1, -0.05) is 6.92 Å². The van der Waals surface area contributed by atoms with Gasteiger partial charge in [0.25, 0.3) is 5.91 Å². The van der Waals surface area contributed by atoms with Crippen LogP contribution in [0.3, 0.4) is 0 Å². The van der Waals surface area contributed by atoms with E-state index < -0.39 is 0 Å². The molecular formula is C14H11ClN2O3. The number of halogens is 1. The highest BCUT2D eigenvalue weighted by molar-refractivity contribution is 6.32. The molecule has 0 aliphatic carbocycles. The van der Waals surface area contributed by atoms with E-state index in [1.165, 1.54) is 12.3 Å². The van der Waals surface area contributed by atoms with Crippen molar-refractivity contribution in [2.24, 2.45) is 0 Å². The molecule has 102 valence electrons. The molecule has 0 fully saturated rings. The van der Waals surface area contributed by atoms with Crippen molar-refractivity contribution in [2.75, 3.05) is 5.32 Å². The van der Waals surface area contributed by atoms with Crippen LogP contribution in [0.4, 0.5) is 5.69 Å². The number of carbonyl (C=O) groups is 1. The van der Waals surface area contributed by atoms with Crippen LogP contribution in [-0.4, -0.2) is 10.9 Å². The van der Waals surface area contributed by atoms with Crippen LogP contribution < -0.4 is 5.32 Å². The van der Waals surface area contributed by atoms with E-state index in [0.29, 0.717) is 28.2 Å². The third-order valence-corrected chi connectivity index (χ3v) is 3.15. The molecule has 20 heavy (non-hydrogen) atoms. The summed E-state index contributed by atoms with van der Waals surface area (Å²) in [5, 5.41) is 2.81. The number of rotatable bonds is 3. The molecule has 2 heterocycles. The van der Waals surface area contributed by atoms with Gasteiger partial charge in [0.2, 0.25) is 5.22 Å². The fraction of sp³-hybridized carbons (Fsp3) is 0.143. The molecule has 0 radical (unpaired) electrons. The molecule has 2 aromatic heterocycles. The van der Waals surface area contributed by atoms with Crippen LogP contribution in [0.15, 0.2) is 39.4 Å². The SMILES string of the molecule is CCc1nc2cc(NC(=O)c3ccoc3Cl)ccc2o1. The Morgan fingerprint density at radius 1 is 1.40 bits per heavy atom. The van der Waals surface area contributed by atoms with E-state index in [1.807, 2.05) is 6.92 Å². The first-order valence-electron chi connectivity index (χ1n) is 6.11. The lowest BCUT2D eigenvalue weighted by molar-refractivity contribution is 0.102. The third-order valence-electron chi connectivity index (χ3n) is 2.85. The Morgan fingerprint density at radius 3 is 2.95 bits per heavy atom. The van der Waals surface area contributed by atoms with Gasteiger partial charge in [-0.05, 0) is 35.9 Å². The minimum atomic E-state index is -0.331. The lowest BCUT2D eigenvalue weighted by Crippen LogP contribution is -2.11. The molecule has 1 N–H and O–H groups in total. The van der Waals surface area contributed by atoms with Gasteiger partial charge < -0.3 is 14.2 Å². The maximum absolute atomic E-state index is 12.0. The summed E-state index contributed by atoms with van der Waals surface area (Å²) in [7, 11) is 0. The Morgan fingerprint density at radius 2 is 2.25 bits per heavy atom. The van der Waals surface area contributed by atoms with E-state index in [0.717, 1.165) is 6.42 Å². The lowest BCUT2D eigenvalue weighted by Gasteiger charge is -2.03. The van der Waals surface area contributed by atoms with Crippen LogP contribution in [0.1, 0.15) is 23.2 Å². The van der Waals surface area contributed by atoms with Crippen molar-refractivity contribution < 1.29 is 13.6 Å². The van der Waals surface area contributed by atoms with Gasteiger partial charge in [0.1, 0.15) is 5.52 Å². The summed E-state index contributed by atoms with van der Waals surface area (Å²) < 4.78 is 10.4. The highest BCUT2D eigenvalue weighted by Crippen LogP contribution is 2.22. The molecule has 0 saturated heterocycles. The molecule has 0 unspecified atom stereocenters. The molecule has 3 aromatic rings. The van der Waals surface area contributed by atoms with Crippen LogP contribution >= 0.6 is 11.6 Å². The van der Waals surface area contributed by atoms with Crippen LogP contribution in [-0.2, 0) is 6.42 Å². The van der Waals surface area contributed by atoms with Crippen molar-refractivity contribution in [1.29, 1.82) is 0 Å². The maximum atomic E-state index is 12.0. The van der Waals surface area contributed by atoms with Gasteiger partial charge in [-0.15, -0.1) is 0 Å². The standard InChI is InChI=1S/C14H11ClN2O3/c1-2-12-17-10-7-8(3-4-11(10)20-12)16-14(18)9-5-6-19-13(9)15/h3-7H,2H2,1H3,(H,16,18). The first-order chi connectivity index (χ1) is 9.67. The number of carbonyl (C=O) groups excluding carboxylic acids is 1. The second kappa shape index (κ2) is 5.02. The molecule has 1 amide bonds. The average Bonchev–Trinajstić information content (AvgIpc) is 3.03. The number of amides is 1. The Kier molecular flexibility index (Phi) is 3.20.